The second-order valence-corrected chi connectivity index (χ2v) is 9.36. The highest BCUT2D eigenvalue weighted by Crippen LogP contribution is 2.27. The molecule has 1 aromatic heterocycles. The van der Waals surface area contributed by atoms with E-state index in [4.69, 9.17) is 24.5 Å². The van der Waals surface area contributed by atoms with Crippen molar-refractivity contribution in [2.45, 2.75) is 35.9 Å². The van der Waals surface area contributed by atoms with Crippen LogP contribution in [0.2, 0.25) is 0 Å². The van der Waals surface area contributed by atoms with Crippen molar-refractivity contribution >= 4 is 22.0 Å². The van der Waals surface area contributed by atoms with Crippen LogP contribution in [0.15, 0.2) is 30.2 Å². The third-order valence-corrected chi connectivity index (χ3v) is 6.51. The van der Waals surface area contributed by atoms with Gasteiger partial charge in [-0.2, -0.15) is 30.6 Å². The molecule has 0 spiro atoms. The summed E-state index contributed by atoms with van der Waals surface area (Å²) in [6.07, 6.45) is -4.33. The molecule has 0 aliphatic carbocycles. The number of hydrogen-bond donors (Lipinski definition) is 2. The van der Waals surface area contributed by atoms with Crippen LogP contribution >= 0.6 is 0 Å². The van der Waals surface area contributed by atoms with Crippen LogP contribution in [0.4, 0.5) is 26.3 Å². The molecule has 0 bridgehead atoms. The SMILES string of the molecule is C=CCO[C@@H]1C[C@H]2CN(S(=O)(=O)c3cn(C)cn3)CCN2C1.O=C(O)C(F)(F)F.O=C(O)C(F)(F)F. The number of carbonyl (C=O) groups is 2. The van der Waals surface area contributed by atoms with Crippen molar-refractivity contribution in [3.8, 4) is 0 Å². The molecule has 2 fully saturated rings. The fourth-order valence-electron chi connectivity index (χ4n) is 3.17. The summed E-state index contributed by atoms with van der Waals surface area (Å²) in [6.45, 7) is 6.82. The molecular weight excluding hydrogens is 530 g/mol. The monoisotopic (exact) mass is 554 g/mol. The maximum absolute atomic E-state index is 12.6. The van der Waals surface area contributed by atoms with E-state index in [0.29, 0.717) is 19.7 Å². The lowest BCUT2D eigenvalue weighted by Gasteiger charge is -2.35. The lowest BCUT2D eigenvalue weighted by Crippen LogP contribution is -2.51. The van der Waals surface area contributed by atoms with E-state index in [-0.39, 0.29) is 17.2 Å². The first-order valence-corrected chi connectivity index (χ1v) is 11.4. The Morgan fingerprint density at radius 1 is 1.14 bits per heavy atom. The number of alkyl halides is 6. The molecule has 206 valence electrons. The minimum Gasteiger partial charge on any atom is -0.475 e. The van der Waals surface area contributed by atoms with Gasteiger partial charge in [-0.3, -0.25) is 4.90 Å². The molecular formula is C18H24F6N4O7S. The predicted octanol–water partition coefficient (Wildman–Crippen LogP) is 1.34. The molecule has 2 aliphatic heterocycles. The molecule has 2 atom stereocenters. The van der Waals surface area contributed by atoms with Crippen molar-refractivity contribution in [3.05, 3.63) is 25.2 Å². The number of imidazole rings is 1. The summed E-state index contributed by atoms with van der Waals surface area (Å²) in [5, 5.41) is 14.4. The van der Waals surface area contributed by atoms with Gasteiger partial charge in [0.25, 0.3) is 10.0 Å². The number of fused-ring (bicyclic) bond motifs is 1. The topological polar surface area (TPSA) is 142 Å². The molecule has 36 heavy (non-hydrogen) atoms. The number of piperazine rings is 1. The van der Waals surface area contributed by atoms with Crippen LogP contribution in [0.5, 0.6) is 0 Å². The number of carboxylic acid groups (broad SMARTS) is 2. The van der Waals surface area contributed by atoms with Crippen LogP contribution in [0, 0.1) is 0 Å². The van der Waals surface area contributed by atoms with Crippen molar-refractivity contribution in [3.63, 3.8) is 0 Å². The third kappa shape index (κ3) is 9.40. The number of rotatable bonds is 5. The highest BCUT2D eigenvalue weighted by Gasteiger charge is 2.41. The van der Waals surface area contributed by atoms with Crippen LogP contribution in [0.1, 0.15) is 6.42 Å². The van der Waals surface area contributed by atoms with Gasteiger partial charge in [-0.15, -0.1) is 6.58 Å². The summed E-state index contributed by atoms with van der Waals surface area (Å²) in [4.78, 5) is 24.1. The summed E-state index contributed by atoms with van der Waals surface area (Å²) in [6, 6.07) is 0.224. The highest BCUT2D eigenvalue weighted by molar-refractivity contribution is 7.89. The van der Waals surface area contributed by atoms with Crippen molar-refractivity contribution in [2.75, 3.05) is 32.8 Å². The maximum Gasteiger partial charge on any atom is 0.490 e. The third-order valence-electron chi connectivity index (χ3n) is 4.76. The Labute approximate surface area is 201 Å². The Kier molecular flexibility index (Phi) is 10.9. The number of aromatic nitrogens is 2. The van der Waals surface area contributed by atoms with E-state index in [1.807, 2.05) is 0 Å². The van der Waals surface area contributed by atoms with Gasteiger partial charge >= 0.3 is 24.3 Å². The molecule has 0 aromatic carbocycles. The molecule has 3 heterocycles. The lowest BCUT2D eigenvalue weighted by atomic mass is 10.2. The molecule has 3 rings (SSSR count). The van der Waals surface area contributed by atoms with E-state index < -0.39 is 34.3 Å². The van der Waals surface area contributed by atoms with Crippen LogP contribution < -0.4 is 0 Å². The van der Waals surface area contributed by atoms with E-state index in [9.17, 15) is 34.8 Å². The number of aryl methyl sites for hydroxylation is 1. The number of nitrogens with zero attached hydrogens (tertiary/aromatic N) is 4. The van der Waals surface area contributed by atoms with Gasteiger partial charge in [0.1, 0.15) is 0 Å². The predicted molar refractivity (Wildman–Crippen MR) is 109 cm³/mol. The zero-order chi connectivity index (χ0) is 27.9. The second-order valence-electron chi connectivity index (χ2n) is 7.47. The quantitative estimate of drug-likeness (QED) is 0.407. The average molecular weight is 554 g/mol. The fourth-order valence-corrected chi connectivity index (χ4v) is 4.60. The normalized spacial score (nSPS) is 20.9. The molecule has 11 nitrogen and oxygen atoms in total. The Bertz CT molecular complexity index is 988. The van der Waals surface area contributed by atoms with E-state index in [2.05, 4.69) is 16.5 Å². The second kappa shape index (κ2) is 12.5. The average Bonchev–Trinajstić information content (AvgIpc) is 3.37. The minimum absolute atomic E-state index is 0.126. The highest BCUT2D eigenvalue weighted by atomic mass is 32.2. The van der Waals surface area contributed by atoms with E-state index in [1.165, 1.54) is 6.33 Å². The van der Waals surface area contributed by atoms with Gasteiger partial charge in [0.05, 0.1) is 19.0 Å². The summed E-state index contributed by atoms with van der Waals surface area (Å²) >= 11 is 0. The van der Waals surface area contributed by atoms with E-state index in [1.54, 1.807) is 28.2 Å². The van der Waals surface area contributed by atoms with Gasteiger partial charge in [0.15, 0.2) is 5.03 Å². The number of hydrogen-bond acceptors (Lipinski definition) is 7. The molecule has 0 amide bonds. The summed E-state index contributed by atoms with van der Waals surface area (Å²) in [5.74, 6) is -5.51. The first-order chi connectivity index (χ1) is 16.4. The summed E-state index contributed by atoms with van der Waals surface area (Å²) < 4.78 is 97.6. The van der Waals surface area contributed by atoms with Crippen LogP contribution in [-0.4, -0.2) is 107 Å². The Hall–Kier alpha value is -2.70. The minimum atomic E-state index is -5.08. The smallest absolute Gasteiger partial charge is 0.475 e. The largest absolute Gasteiger partial charge is 0.490 e. The Morgan fingerprint density at radius 2 is 1.67 bits per heavy atom. The van der Waals surface area contributed by atoms with Gasteiger partial charge in [0.2, 0.25) is 0 Å². The standard InChI is InChI=1S/C14H22N4O3S.2C2HF3O2/c1-3-6-21-13-7-12-8-18(5-4-17(12)9-13)22(19,20)14-10-16(2)11-15-14;2*3-2(4,5)1(6)7/h3,10-13H,1,4-9H2,2H3;2*(H,6,7)/t12-,13+;;/m0../s1. The van der Waals surface area contributed by atoms with Gasteiger partial charge < -0.3 is 19.5 Å². The van der Waals surface area contributed by atoms with Crippen molar-refractivity contribution in [2.24, 2.45) is 7.05 Å². The molecule has 0 unspecified atom stereocenters. The van der Waals surface area contributed by atoms with Crippen LogP contribution in [0.3, 0.4) is 0 Å². The van der Waals surface area contributed by atoms with Gasteiger partial charge in [0, 0.05) is 45.5 Å². The first-order valence-electron chi connectivity index (χ1n) is 9.94. The first kappa shape index (κ1) is 31.3. The fraction of sp³-hybridized carbons (Fsp3) is 0.611. The van der Waals surface area contributed by atoms with Crippen LogP contribution in [0.25, 0.3) is 0 Å². The summed E-state index contributed by atoms with van der Waals surface area (Å²) in [5.41, 5.74) is 0. The molecule has 18 heteroatoms. The van der Waals surface area contributed by atoms with Crippen LogP contribution in [-0.2, 0) is 31.4 Å². The van der Waals surface area contributed by atoms with Crippen molar-refractivity contribution in [1.29, 1.82) is 0 Å². The Balaban J connectivity index is 0.000000383. The van der Waals surface area contributed by atoms with Gasteiger partial charge in [-0.1, -0.05) is 6.08 Å². The molecule has 2 aliphatic rings. The molecule has 0 radical (unpaired) electrons. The molecule has 0 saturated carbocycles. The number of halogens is 6. The maximum atomic E-state index is 12.6. The number of carboxylic acids is 2. The zero-order valence-corrected chi connectivity index (χ0v) is 19.6. The lowest BCUT2D eigenvalue weighted by molar-refractivity contribution is -0.193. The van der Waals surface area contributed by atoms with E-state index >= 15 is 0 Å². The van der Waals surface area contributed by atoms with Gasteiger partial charge in [-0.25, -0.2) is 23.0 Å². The van der Waals surface area contributed by atoms with Gasteiger partial charge in [-0.05, 0) is 6.42 Å². The Morgan fingerprint density at radius 3 is 2.08 bits per heavy atom. The number of aliphatic carboxylic acids is 2. The van der Waals surface area contributed by atoms with Crippen molar-refractivity contribution < 1.29 is 59.3 Å². The number of ether oxygens (including phenoxy) is 1. The zero-order valence-electron chi connectivity index (χ0n) is 18.7. The molecule has 2 N–H and O–H groups in total. The molecule has 1 aromatic rings. The van der Waals surface area contributed by atoms with Crippen molar-refractivity contribution in [1.82, 2.24) is 18.8 Å². The summed E-state index contributed by atoms with van der Waals surface area (Å²) in [7, 11) is -1.73. The molecule has 2 saturated heterocycles. The number of sulfonamides is 1. The van der Waals surface area contributed by atoms with E-state index in [0.717, 1.165) is 19.5 Å².